The number of hydroxylamine groups is 3. The van der Waals surface area contributed by atoms with Crippen LogP contribution in [0, 0.1) is 11.0 Å². The maximum atomic E-state index is 13.0. The lowest BCUT2D eigenvalue weighted by Crippen LogP contribution is -2.46. The van der Waals surface area contributed by atoms with Crippen LogP contribution in [0.25, 0.3) is 16.7 Å². The highest BCUT2D eigenvalue weighted by atomic mass is 19.1. The minimum Gasteiger partial charge on any atom is -0.633 e. The first kappa shape index (κ1) is 19.3. The number of hydrogen-bond acceptors (Lipinski definition) is 3. The molecule has 1 aromatic heterocycles. The Bertz CT molecular complexity index is 1130. The summed E-state index contributed by atoms with van der Waals surface area (Å²) in [6.45, 7) is 0.966. The SMILES string of the molecule is O=C(CCC[N+]1([O-])CC=C(n2c(=O)[nH]c3ccccc32)CC1)c1ccc(F)cc1. The van der Waals surface area contributed by atoms with Crippen molar-refractivity contribution in [3.8, 4) is 0 Å². The van der Waals surface area contributed by atoms with E-state index in [4.69, 9.17) is 0 Å². The first-order chi connectivity index (χ1) is 14.0. The molecular formula is C22H22FN3O3. The molecule has 6 nitrogen and oxygen atoms in total. The molecule has 3 aromatic rings. The molecule has 4 rings (SSSR count). The normalized spacial score (nSPS) is 19.3. The molecule has 0 saturated carbocycles. The fraction of sp³-hybridized carbons (Fsp3) is 0.273. The predicted molar refractivity (Wildman–Crippen MR) is 110 cm³/mol. The van der Waals surface area contributed by atoms with Crippen molar-refractivity contribution in [3.63, 3.8) is 0 Å². The maximum absolute atomic E-state index is 13.0. The van der Waals surface area contributed by atoms with Crippen LogP contribution in [-0.4, -0.2) is 39.6 Å². The molecule has 1 unspecified atom stereocenters. The first-order valence-corrected chi connectivity index (χ1v) is 9.70. The van der Waals surface area contributed by atoms with Crippen molar-refractivity contribution in [2.45, 2.75) is 19.3 Å². The van der Waals surface area contributed by atoms with Gasteiger partial charge >= 0.3 is 5.69 Å². The Balaban J connectivity index is 1.39. The molecule has 0 saturated heterocycles. The second-order valence-electron chi connectivity index (χ2n) is 7.45. The number of rotatable bonds is 6. The number of fused-ring (bicyclic) bond motifs is 1. The average Bonchev–Trinajstić information content (AvgIpc) is 3.05. The van der Waals surface area contributed by atoms with E-state index in [1.165, 1.54) is 24.3 Å². The highest BCUT2D eigenvalue weighted by Crippen LogP contribution is 2.24. The van der Waals surface area contributed by atoms with Gasteiger partial charge in [-0.3, -0.25) is 9.36 Å². The molecule has 0 aliphatic carbocycles. The Kier molecular flexibility index (Phi) is 5.17. The molecule has 2 aromatic carbocycles. The van der Waals surface area contributed by atoms with Crippen LogP contribution in [0.15, 0.2) is 59.4 Å². The van der Waals surface area contributed by atoms with Gasteiger partial charge in [0.15, 0.2) is 5.78 Å². The Morgan fingerprint density at radius 2 is 1.93 bits per heavy atom. The van der Waals surface area contributed by atoms with E-state index in [0.717, 1.165) is 16.7 Å². The quantitative estimate of drug-likeness (QED) is 0.393. The number of aromatic amines is 1. The van der Waals surface area contributed by atoms with Crippen molar-refractivity contribution in [2.75, 3.05) is 19.6 Å². The molecule has 2 heterocycles. The van der Waals surface area contributed by atoms with Crippen LogP contribution in [0.1, 0.15) is 29.6 Å². The zero-order valence-corrected chi connectivity index (χ0v) is 15.9. The zero-order chi connectivity index (χ0) is 20.4. The Labute approximate surface area is 167 Å². The number of para-hydroxylation sites is 2. The molecule has 1 N–H and O–H groups in total. The smallest absolute Gasteiger partial charge is 0.330 e. The number of carbonyl (C=O) groups is 1. The van der Waals surface area contributed by atoms with Crippen LogP contribution < -0.4 is 5.69 Å². The largest absolute Gasteiger partial charge is 0.633 e. The summed E-state index contributed by atoms with van der Waals surface area (Å²) in [5, 5.41) is 13.0. The standard InChI is InChI=1S/C22H22FN3O3/c23-17-9-7-16(8-10-17)21(27)6-3-13-26(29)14-11-18(12-15-26)25-20-5-2-1-4-19(20)24-22(25)28/h1-2,4-5,7-11H,3,6,12-15H2,(H,24,28). The molecule has 1 aliphatic heterocycles. The molecule has 0 fully saturated rings. The number of nitrogens with one attached hydrogen (secondary N) is 1. The van der Waals surface area contributed by atoms with E-state index in [-0.39, 0.29) is 30.3 Å². The average molecular weight is 395 g/mol. The first-order valence-electron chi connectivity index (χ1n) is 9.70. The number of quaternary nitrogens is 1. The summed E-state index contributed by atoms with van der Waals surface area (Å²) < 4.78 is 14.2. The summed E-state index contributed by atoms with van der Waals surface area (Å²) in [5.74, 6) is -0.467. The topological polar surface area (TPSA) is 77.9 Å². The van der Waals surface area contributed by atoms with E-state index < -0.39 is 4.65 Å². The van der Waals surface area contributed by atoms with Gasteiger partial charge in [0.2, 0.25) is 0 Å². The highest BCUT2D eigenvalue weighted by Gasteiger charge is 2.24. The molecule has 1 atom stereocenters. The number of halogens is 1. The predicted octanol–water partition coefficient (Wildman–Crippen LogP) is 3.69. The number of nitrogens with zero attached hydrogens (tertiary/aromatic N) is 2. The second-order valence-corrected chi connectivity index (χ2v) is 7.45. The number of aromatic nitrogens is 2. The fourth-order valence-corrected chi connectivity index (χ4v) is 3.84. The monoisotopic (exact) mass is 395 g/mol. The maximum Gasteiger partial charge on any atom is 0.330 e. The third-order valence-corrected chi connectivity index (χ3v) is 5.45. The molecule has 0 spiro atoms. The minimum atomic E-state index is -0.405. The Morgan fingerprint density at radius 3 is 2.66 bits per heavy atom. The van der Waals surface area contributed by atoms with E-state index >= 15 is 0 Å². The van der Waals surface area contributed by atoms with Gasteiger partial charge in [-0.2, -0.15) is 0 Å². The molecule has 1 aliphatic rings. The van der Waals surface area contributed by atoms with E-state index in [2.05, 4.69) is 4.98 Å². The van der Waals surface area contributed by atoms with Gasteiger partial charge in [-0.05, 0) is 42.5 Å². The lowest BCUT2D eigenvalue weighted by molar-refractivity contribution is -0.875. The summed E-state index contributed by atoms with van der Waals surface area (Å²) in [4.78, 5) is 27.3. The van der Waals surface area contributed by atoms with Gasteiger partial charge in [0.1, 0.15) is 5.82 Å². The number of hydrogen-bond donors (Lipinski definition) is 1. The lowest BCUT2D eigenvalue weighted by atomic mass is 10.1. The number of carbonyl (C=O) groups excluding carboxylic acids is 1. The van der Waals surface area contributed by atoms with E-state index in [0.29, 0.717) is 31.5 Å². The Hall–Kier alpha value is -3.03. The van der Waals surface area contributed by atoms with Gasteiger partial charge in [-0.25, -0.2) is 9.18 Å². The summed E-state index contributed by atoms with van der Waals surface area (Å²) >= 11 is 0. The van der Waals surface area contributed by atoms with Crippen LogP contribution in [0.4, 0.5) is 4.39 Å². The number of ketones is 1. The van der Waals surface area contributed by atoms with Gasteiger partial charge in [0.25, 0.3) is 0 Å². The molecular weight excluding hydrogens is 373 g/mol. The van der Waals surface area contributed by atoms with Gasteiger partial charge in [-0.1, -0.05) is 12.1 Å². The summed E-state index contributed by atoms with van der Waals surface area (Å²) in [6, 6.07) is 12.9. The van der Waals surface area contributed by atoms with Gasteiger partial charge in [-0.15, -0.1) is 0 Å². The van der Waals surface area contributed by atoms with Crippen molar-refractivity contribution in [2.24, 2.45) is 0 Å². The van der Waals surface area contributed by atoms with Crippen LogP contribution in [-0.2, 0) is 0 Å². The third-order valence-electron chi connectivity index (χ3n) is 5.45. The molecule has 0 radical (unpaired) electrons. The van der Waals surface area contributed by atoms with E-state index in [1.807, 2.05) is 30.3 Å². The molecule has 7 heteroatoms. The van der Waals surface area contributed by atoms with Crippen LogP contribution in [0.2, 0.25) is 0 Å². The van der Waals surface area contributed by atoms with Gasteiger partial charge in [0.05, 0.1) is 30.7 Å². The molecule has 150 valence electrons. The van der Waals surface area contributed by atoms with Crippen molar-refractivity contribution >= 4 is 22.5 Å². The second kappa shape index (κ2) is 7.77. The lowest BCUT2D eigenvalue weighted by Gasteiger charge is -2.44. The zero-order valence-electron chi connectivity index (χ0n) is 15.9. The van der Waals surface area contributed by atoms with Crippen molar-refractivity contribution in [3.05, 3.63) is 81.7 Å². The number of Topliss-reactive ketones (excluding diaryl/α,β-unsaturated/α-hetero) is 1. The van der Waals surface area contributed by atoms with Gasteiger partial charge < -0.3 is 14.8 Å². The van der Waals surface area contributed by atoms with E-state index in [1.54, 1.807) is 4.57 Å². The van der Waals surface area contributed by atoms with Crippen molar-refractivity contribution in [1.82, 2.24) is 9.55 Å². The number of imidazole rings is 1. The van der Waals surface area contributed by atoms with Crippen LogP contribution in [0.3, 0.4) is 0 Å². The van der Waals surface area contributed by atoms with Crippen LogP contribution in [0.5, 0.6) is 0 Å². The molecule has 0 amide bonds. The molecule has 0 bridgehead atoms. The Morgan fingerprint density at radius 1 is 1.17 bits per heavy atom. The highest BCUT2D eigenvalue weighted by molar-refractivity contribution is 5.95. The number of H-pyrrole nitrogens is 1. The van der Waals surface area contributed by atoms with Gasteiger partial charge in [0, 0.05) is 30.5 Å². The minimum absolute atomic E-state index is 0.0878. The van der Waals surface area contributed by atoms with Crippen molar-refractivity contribution < 1.29 is 13.8 Å². The third kappa shape index (κ3) is 4.06. The summed E-state index contributed by atoms with van der Waals surface area (Å²) in [5.41, 5.74) is 2.67. The summed E-state index contributed by atoms with van der Waals surface area (Å²) in [7, 11) is 0. The van der Waals surface area contributed by atoms with E-state index in [9.17, 15) is 19.2 Å². The van der Waals surface area contributed by atoms with Crippen molar-refractivity contribution in [1.29, 1.82) is 0 Å². The van der Waals surface area contributed by atoms with Crippen LogP contribution >= 0.6 is 0 Å². The fourth-order valence-electron chi connectivity index (χ4n) is 3.84. The molecule has 29 heavy (non-hydrogen) atoms. The summed E-state index contributed by atoms with van der Waals surface area (Å²) in [6.07, 6.45) is 3.05. The number of benzene rings is 2.